The largest absolute Gasteiger partial charge is 0.389 e. The Kier molecular flexibility index (Phi) is 3.24. The topological polar surface area (TPSA) is 50.9 Å². The summed E-state index contributed by atoms with van der Waals surface area (Å²) in [5.74, 6) is 0. The first-order chi connectivity index (χ1) is 9.13. The third kappa shape index (κ3) is 2.48. The zero-order chi connectivity index (χ0) is 13.4. The smallest absolute Gasteiger partial charge is 0.187 e. The highest BCUT2D eigenvalue weighted by Gasteiger charge is 2.17. The zero-order valence-electron chi connectivity index (χ0n) is 10.7. The van der Waals surface area contributed by atoms with Gasteiger partial charge in [-0.15, -0.1) is 11.3 Å². The molecular weight excluding hydrogens is 274 g/mol. The number of nitrogens with two attached hydrogens (primary N) is 1. The quantitative estimate of drug-likeness (QED) is 0.851. The van der Waals surface area contributed by atoms with Gasteiger partial charge in [-0.2, -0.15) is 0 Å². The van der Waals surface area contributed by atoms with Crippen LogP contribution in [0.15, 0.2) is 18.2 Å². The van der Waals surface area contributed by atoms with Crippen LogP contribution in [0.3, 0.4) is 0 Å². The molecule has 1 aliphatic rings. The van der Waals surface area contributed by atoms with Crippen molar-refractivity contribution in [2.45, 2.75) is 26.2 Å². The van der Waals surface area contributed by atoms with Crippen LogP contribution in [0.1, 0.15) is 28.1 Å². The van der Waals surface area contributed by atoms with Crippen LogP contribution in [0.2, 0.25) is 0 Å². The summed E-state index contributed by atoms with van der Waals surface area (Å²) < 4.78 is 0. The molecule has 1 heterocycles. The van der Waals surface area contributed by atoms with E-state index in [0.29, 0.717) is 4.99 Å². The molecule has 5 heteroatoms. The molecule has 1 aromatic heterocycles. The number of thiazole rings is 1. The first kappa shape index (κ1) is 12.6. The van der Waals surface area contributed by atoms with E-state index >= 15 is 0 Å². The third-order valence-electron chi connectivity index (χ3n) is 3.28. The second kappa shape index (κ2) is 4.90. The SMILES string of the molecule is Cc1ccc(C(N)=S)c(Nc2nc3c(s2)CCC3)c1. The van der Waals surface area contributed by atoms with Gasteiger partial charge in [0.05, 0.1) is 11.4 Å². The molecule has 0 radical (unpaired) electrons. The van der Waals surface area contributed by atoms with Gasteiger partial charge in [0, 0.05) is 10.4 Å². The fraction of sp³-hybridized carbons (Fsp3) is 0.286. The molecule has 0 saturated carbocycles. The lowest BCUT2D eigenvalue weighted by Gasteiger charge is -2.10. The number of nitrogens with zero attached hydrogens (tertiary/aromatic N) is 1. The van der Waals surface area contributed by atoms with Crippen molar-refractivity contribution in [1.82, 2.24) is 4.98 Å². The van der Waals surface area contributed by atoms with Gasteiger partial charge >= 0.3 is 0 Å². The highest BCUT2D eigenvalue weighted by Crippen LogP contribution is 2.33. The minimum atomic E-state index is 0.409. The van der Waals surface area contributed by atoms with Crippen LogP contribution in [0, 0.1) is 6.92 Å². The Morgan fingerprint density at radius 3 is 3.00 bits per heavy atom. The molecule has 0 unspecified atom stereocenters. The van der Waals surface area contributed by atoms with Crippen molar-refractivity contribution >= 4 is 39.4 Å². The molecule has 3 rings (SSSR count). The number of aromatic nitrogens is 1. The van der Waals surface area contributed by atoms with E-state index in [4.69, 9.17) is 18.0 Å². The molecule has 0 atom stereocenters. The normalized spacial score (nSPS) is 13.3. The van der Waals surface area contributed by atoms with Gasteiger partial charge in [0.1, 0.15) is 4.99 Å². The van der Waals surface area contributed by atoms with Crippen LogP contribution >= 0.6 is 23.6 Å². The molecule has 2 aromatic rings. The summed E-state index contributed by atoms with van der Waals surface area (Å²) in [5, 5.41) is 4.30. The number of fused-ring (bicyclic) bond motifs is 1. The van der Waals surface area contributed by atoms with Gasteiger partial charge in [0.25, 0.3) is 0 Å². The number of anilines is 2. The summed E-state index contributed by atoms with van der Waals surface area (Å²) in [5.41, 5.74) is 10.0. The first-order valence-corrected chi connectivity index (χ1v) is 7.52. The number of hydrogen-bond acceptors (Lipinski definition) is 4. The molecule has 3 nitrogen and oxygen atoms in total. The van der Waals surface area contributed by atoms with Crippen molar-refractivity contribution in [1.29, 1.82) is 0 Å². The number of aryl methyl sites for hydroxylation is 3. The van der Waals surface area contributed by atoms with Crippen LogP contribution in [0.5, 0.6) is 0 Å². The van der Waals surface area contributed by atoms with Crippen molar-refractivity contribution in [2.24, 2.45) is 5.73 Å². The van der Waals surface area contributed by atoms with Gasteiger partial charge in [-0.25, -0.2) is 4.98 Å². The van der Waals surface area contributed by atoms with E-state index in [1.807, 2.05) is 12.1 Å². The number of nitrogens with one attached hydrogen (secondary N) is 1. The zero-order valence-corrected chi connectivity index (χ0v) is 12.3. The average Bonchev–Trinajstić information content (AvgIpc) is 2.89. The summed E-state index contributed by atoms with van der Waals surface area (Å²) in [6, 6.07) is 6.03. The van der Waals surface area contributed by atoms with Crippen LogP contribution in [0.4, 0.5) is 10.8 Å². The Balaban J connectivity index is 1.93. The first-order valence-electron chi connectivity index (χ1n) is 6.29. The second-order valence-electron chi connectivity index (χ2n) is 4.78. The van der Waals surface area contributed by atoms with Crippen molar-refractivity contribution in [3.8, 4) is 0 Å². The molecule has 0 amide bonds. The third-order valence-corrected chi connectivity index (χ3v) is 4.57. The standard InChI is InChI=1S/C14H15N3S2/c1-8-5-6-9(13(15)18)11(7-8)17-14-16-10-3-2-4-12(10)19-14/h5-7H,2-4H2,1H3,(H2,15,18)(H,16,17). The Hall–Kier alpha value is -1.46. The molecule has 0 fully saturated rings. The number of hydrogen-bond donors (Lipinski definition) is 2. The second-order valence-corrected chi connectivity index (χ2v) is 6.30. The van der Waals surface area contributed by atoms with E-state index < -0.39 is 0 Å². The fourth-order valence-electron chi connectivity index (χ4n) is 2.34. The molecule has 1 aromatic carbocycles. The Morgan fingerprint density at radius 2 is 2.26 bits per heavy atom. The highest BCUT2D eigenvalue weighted by molar-refractivity contribution is 7.80. The van der Waals surface area contributed by atoms with Crippen molar-refractivity contribution in [3.63, 3.8) is 0 Å². The van der Waals surface area contributed by atoms with Gasteiger partial charge in [-0.05, 0) is 43.9 Å². The molecule has 98 valence electrons. The van der Waals surface area contributed by atoms with Crippen molar-refractivity contribution < 1.29 is 0 Å². The molecule has 0 saturated heterocycles. The van der Waals surface area contributed by atoms with E-state index in [-0.39, 0.29) is 0 Å². The van der Waals surface area contributed by atoms with Gasteiger partial charge in [0.2, 0.25) is 0 Å². The number of thiocarbonyl (C=S) groups is 1. The van der Waals surface area contributed by atoms with E-state index in [2.05, 4.69) is 23.3 Å². The van der Waals surface area contributed by atoms with E-state index in [0.717, 1.165) is 29.2 Å². The predicted molar refractivity (Wildman–Crippen MR) is 84.5 cm³/mol. The minimum absolute atomic E-state index is 0.409. The van der Waals surface area contributed by atoms with E-state index in [1.165, 1.54) is 22.6 Å². The molecule has 0 spiro atoms. The number of benzene rings is 1. The van der Waals surface area contributed by atoms with Crippen LogP contribution in [-0.2, 0) is 12.8 Å². The Labute approximate surface area is 121 Å². The van der Waals surface area contributed by atoms with Gasteiger partial charge in [-0.1, -0.05) is 18.3 Å². The summed E-state index contributed by atoms with van der Waals surface area (Å²) in [6.45, 7) is 2.05. The fourth-order valence-corrected chi connectivity index (χ4v) is 3.58. The lowest BCUT2D eigenvalue weighted by molar-refractivity contribution is 0.900. The van der Waals surface area contributed by atoms with E-state index in [1.54, 1.807) is 11.3 Å². The van der Waals surface area contributed by atoms with Gasteiger partial charge in [0.15, 0.2) is 5.13 Å². The van der Waals surface area contributed by atoms with Crippen molar-refractivity contribution in [2.75, 3.05) is 5.32 Å². The summed E-state index contributed by atoms with van der Waals surface area (Å²) in [7, 11) is 0. The molecule has 0 bridgehead atoms. The summed E-state index contributed by atoms with van der Waals surface area (Å²) in [6.07, 6.45) is 3.49. The van der Waals surface area contributed by atoms with Crippen LogP contribution < -0.4 is 11.1 Å². The van der Waals surface area contributed by atoms with Gasteiger partial charge < -0.3 is 11.1 Å². The van der Waals surface area contributed by atoms with E-state index in [9.17, 15) is 0 Å². The molecule has 0 aliphatic heterocycles. The molecule has 3 N–H and O–H groups in total. The summed E-state index contributed by atoms with van der Waals surface area (Å²) in [4.78, 5) is 6.46. The lowest BCUT2D eigenvalue weighted by Crippen LogP contribution is -2.12. The highest BCUT2D eigenvalue weighted by atomic mass is 32.1. The Morgan fingerprint density at radius 1 is 1.42 bits per heavy atom. The average molecular weight is 289 g/mol. The molecule has 1 aliphatic carbocycles. The monoisotopic (exact) mass is 289 g/mol. The van der Waals surface area contributed by atoms with Gasteiger partial charge in [-0.3, -0.25) is 0 Å². The van der Waals surface area contributed by atoms with Crippen LogP contribution in [0.25, 0.3) is 0 Å². The number of rotatable bonds is 3. The maximum absolute atomic E-state index is 5.77. The maximum Gasteiger partial charge on any atom is 0.187 e. The molecular formula is C14H15N3S2. The predicted octanol–water partition coefficient (Wildman–Crippen LogP) is 3.32. The van der Waals surface area contributed by atoms with Crippen molar-refractivity contribution in [3.05, 3.63) is 39.9 Å². The Bertz CT molecular complexity index is 625. The molecule has 19 heavy (non-hydrogen) atoms. The maximum atomic E-state index is 5.77. The van der Waals surface area contributed by atoms with Crippen LogP contribution in [-0.4, -0.2) is 9.97 Å². The lowest BCUT2D eigenvalue weighted by atomic mass is 10.1. The minimum Gasteiger partial charge on any atom is -0.389 e. The summed E-state index contributed by atoms with van der Waals surface area (Å²) >= 11 is 6.83.